The van der Waals surface area contributed by atoms with E-state index in [9.17, 15) is 24.3 Å². The van der Waals surface area contributed by atoms with Crippen molar-refractivity contribution < 1.29 is 29.4 Å². The molecule has 6 N–H and O–H groups in total. The predicted molar refractivity (Wildman–Crippen MR) is 87.2 cm³/mol. The number of carbonyl (C=O) groups excluding carboxylic acids is 3. The number of carboxylic acids is 1. The van der Waals surface area contributed by atoms with E-state index < -0.39 is 55.0 Å². The Morgan fingerprint density at radius 1 is 1.28 bits per heavy atom. The minimum atomic E-state index is -1.26. The van der Waals surface area contributed by atoms with Gasteiger partial charge in [-0.1, -0.05) is 13.8 Å². The Balaban J connectivity index is 2.57. The van der Waals surface area contributed by atoms with Crippen molar-refractivity contribution >= 4 is 23.7 Å². The summed E-state index contributed by atoms with van der Waals surface area (Å²) in [6.07, 6.45) is 0.869. The number of hydrogen-bond acceptors (Lipinski definition) is 6. The van der Waals surface area contributed by atoms with Crippen LogP contribution in [-0.2, 0) is 19.2 Å². The Labute approximate surface area is 145 Å². The van der Waals surface area contributed by atoms with Crippen LogP contribution in [-0.4, -0.2) is 76.6 Å². The van der Waals surface area contributed by atoms with Crippen molar-refractivity contribution in [2.75, 3.05) is 19.7 Å². The molecule has 0 spiro atoms. The molecule has 3 unspecified atom stereocenters. The lowest BCUT2D eigenvalue weighted by Crippen LogP contribution is -2.55. The third kappa shape index (κ3) is 5.68. The van der Waals surface area contributed by atoms with Crippen LogP contribution in [0.4, 0.5) is 0 Å². The Morgan fingerprint density at radius 2 is 1.92 bits per heavy atom. The van der Waals surface area contributed by atoms with E-state index in [4.69, 9.17) is 10.8 Å². The van der Waals surface area contributed by atoms with Crippen molar-refractivity contribution in [3.8, 4) is 0 Å². The number of carboxylic acid groups (broad SMARTS) is 1. The van der Waals surface area contributed by atoms with Crippen molar-refractivity contribution in [1.82, 2.24) is 15.5 Å². The quantitative estimate of drug-likeness (QED) is 0.324. The van der Waals surface area contributed by atoms with Gasteiger partial charge in [-0.2, -0.15) is 0 Å². The molecule has 142 valence electrons. The fourth-order valence-electron chi connectivity index (χ4n) is 2.51. The number of nitrogens with zero attached hydrogens (tertiary/aromatic N) is 1. The van der Waals surface area contributed by atoms with Crippen LogP contribution in [0.3, 0.4) is 0 Å². The number of amides is 3. The molecule has 1 heterocycles. The number of aliphatic hydroxyl groups is 1. The lowest BCUT2D eigenvalue weighted by molar-refractivity contribution is -0.149. The summed E-state index contributed by atoms with van der Waals surface area (Å²) in [4.78, 5) is 48.2. The number of aliphatic carboxylic acids is 1. The minimum absolute atomic E-state index is 0.0991. The lowest BCUT2D eigenvalue weighted by Gasteiger charge is -2.26. The molecule has 0 aromatic heterocycles. The van der Waals surface area contributed by atoms with Crippen molar-refractivity contribution in [3.63, 3.8) is 0 Å². The van der Waals surface area contributed by atoms with Crippen LogP contribution in [0.2, 0.25) is 0 Å². The second-order valence-electron chi connectivity index (χ2n) is 6.32. The van der Waals surface area contributed by atoms with Gasteiger partial charge in [-0.05, 0) is 18.8 Å². The van der Waals surface area contributed by atoms with Crippen LogP contribution in [0, 0.1) is 5.92 Å². The summed E-state index contributed by atoms with van der Waals surface area (Å²) in [6.45, 7) is 2.71. The molecule has 1 saturated heterocycles. The molecule has 3 amide bonds. The fraction of sp³-hybridized carbons (Fsp3) is 0.733. The molecule has 0 radical (unpaired) electrons. The van der Waals surface area contributed by atoms with Crippen LogP contribution < -0.4 is 16.4 Å². The lowest BCUT2D eigenvalue weighted by atomic mass is 10.1. The van der Waals surface area contributed by atoms with Gasteiger partial charge in [0.2, 0.25) is 17.7 Å². The van der Waals surface area contributed by atoms with Gasteiger partial charge in [0.25, 0.3) is 0 Å². The van der Waals surface area contributed by atoms with Gasteiger partial charge in [-0.25, -0.2) is 4.79 Å². The van der Waals surface area contributed by atoms with Crippen LogP contribution in [0.1, 0.15) is 26.7 Å². The normalized spacial score (nSPS) is 19.4. The first-order valence-electron chi connectivity index (χ1n) is 8.15. The highest BCUT2D eigenvalue weighted by atomic mass is 16.4. The van der Waals surface area contributed by atoms with Gasteiger partial charge >= 0.3 is 5.97 Å². The third-order valence-corrected chi connectivity index (χ3v) is 4.08. The summed E-state index contributed by atoms with van der Waals surface area (Å²) in [5.74, 6) is -3.06. The van der Waals surface area contributed by atoms with Crippen LogP contribution in [0.15, 0.2) is 0 Å². The average Bonchev–Trinajstić information content (AvgIpc) is 3.05. The number of hydrogen-bond donors (Lipinski definition) is 5. The molecule has 0 bridgehead atoms. The van der Waals surface area contributed by atoms with E-state index in [2.05, 4.69) is 10.6 Å². The Bertz CT molecular complexity index is 524. The molecule has 1 fully saturated rings. The first kappa shape index (κ1) is 20.8. The molecule has 0 saturated carbocycles. The average molecular weight is 358 g/mol. The van der Waals surface area contributed by atoms with Crippen LogP contribution >= 0.6 is 0 Å². The van der Waals surface area contributed by atoms with E-state index in [1.54, 1.807) is 13.8 Å². The molecule has 3 atom stereocenters. The van der Waals surface area contributed by atoms with Crippen LogP contribution in [0.5, 0.6) is 0 Å². The highest BCUT2D eigenvalue weighted by Crippen LogP contribution is 2.18. The largest absolute Gasteiger partial charge is 0.480 e. The highest BCUT2D eigenvalue weighted by molar-refractivity contribution is 5.92. The zero-order valence-electron chi connectivity index (χ0n) is 14.4. The number of nitrogens with one attached hydrogen (secondary N) is 2. The summed E-state index contributed by atoms with van der Waals surface area (Å²) in [5, 5.41) is 23.1. The number of likely N-dealkylation sites (tertiary alicyclic amines) is 1. The maximum absolute atomic E-state index is 12.3. The van der Waals surface area contributed by atoms with Gasteiger partial charge in [0.05, 0.1) is 19.2 Å². The van der Waals surface area contributed by atoms with E-state index >= 15 is 0 Å². The Morgan fingerprint density at radius 3 is 2.44 bits per heavy atom. The van der Waals surface area contributed by atoms with Gasteiger partial charge in [0, 0.05) is 6.54 Å². The molecule has 25 heavy (non-hydrogen) atoms. The van der Waals surface area contributed by atoms with Crippen molar-refractivity contribution in [1.29, 1.82) is 0 Å². The molecular formula is C15H26N4O6. The summed E-state index contributed by atoms with van der Waals surface area (Å²) >= 11 is 0. The summed E-state index contributed by atoms with van der Waals surface area (Å²) in [6, 6.07) is -2.98. The molecule has 1 aliphatic heterocycles. The third-order valence-electron chi connectivity index (χ3n) is 4.08. The monoisotopic (exact) mass is 358 g/mol. The van der Waals surface area contributed by atoms with E-state index in [1.807, 2.05) is 0 Å². The zero-order chi connectivity index (χ0) is 19.1. The number of rotatable bonds is 8. The van der Waals surface area contributed by atoms with Gasteiger partial charge < -0.3 is 31.5 Å². The summed E-state index contributed by atoms with van der Waals surface area (Å²) in [5.41, 5.74) is 5.65. The molecule has 1 aliphatic rings. The van der Waals surface area contributed by atoms with E-state index in [-0.39, 0.29) is 12.5 Å². The van der Waals surface area contributed by atoms with Gasteiger partial charge in [0.15, 0.2) is 0 Å². The maximum Gasteiger partial charge on any atom is 0.326 e. The molecule has 0 aromatic carbocycles. The smallest absolute Gasteiger partial charge is 0.326 e. The molecule has 10 heteroatoms. The molecule has 0 aromatic rings. The highest BCUT2D eigenvalue weighted by Gasteiger charge is 2.37. The van der Waals surface area contributed by atoms with Gasteiger partial charge in [-0.15, -0.1) is 0 Å². The van der Waals surface area contributed by atoms with Crippen molar-refractivity contribution in [2.24, 2.45) is 11.7 Å². The first-order chi connectivity index (χ1) is 11.7. The second kappa shape index (κ2) is 9.33. The second-order valence-corrected chi connectivity index (χ2v) is 6.32. The van der Waals surface area contributed by atoms with E-state index in [0.717, 1.165) is 4.90 Å². The van der Waals surface area contributed by atoms with Gasteiger partial charge in [0.1, 0.15) is 12.1 Å². The molecular weight excluding hydrogens is 332 g/mol. The maximum atomic E-state index is 12.3. The number of carbonyl (C=O) groups is 4. The fourth-order valence-corrected chi connectivity index (χ4v) is 2.51. The number of aliphatic hydroxyl groups excluding tert-OH is 1. The summed E-state index contributed by atoms with van der Waals surface area (Å²) in [7, 11) is 0. The molecule has 1 rings (SSSR count). The minimum Gasteiger partial charge on any atom is -0.480 e. The van der Waals surface area contributed by atoms with Gasteiger partial charge in [-0.3, -0.25) is 14.4 Å². The topological polar surface area (TPSA) is 162 Å². The molecule has 0 aliphatic carbocycles. The van der Waals surface area contributed by atoms with Crippen LogP contribution in [0.25, 0.3) is 0 Å². The van der Waals surface area contributed by atoms with Crippen molar-refractivity contribution in [2.45, 2.75) is 44.8 Å². The Hall–Kier alpha value is -2.20. The number of nitrogens with two attached hydrogens (primary N) is 1. The molecule has 10 nitrogen and oxygen atoms in total. The summed E-state index contributed by atoms with van der Waals surface area (Å²) < 4.78 is 0. The van der Waals surface area contributed by atoms with Crippen molar-refractivity contribution in [3.05, 3.63) is 0 Å². The predicted octanol–water partition coefficient (Wildman–Crippen LogP) is -2.36. The first-order valence-corrected chi connectivity index (χ1v) is 8.15. The SMILES string of the molecule is CC(C)C(N)C(=O)NCC(=O)NC(CO)C(=O)N1CCCC1C(=O)O. The van der Waals surface area contributed by atoms with E-state index in [1.165, 1.54) is 0 Å². The van der Waals surface area contributed by atoms with E-state index in [0.29, 0.717) is 12.8 Å². The zero-order valence-corrected chi connectivity index (χ0v) is 14.4. The standard InChI is InChI=1S/C15H26N4O6/c1-8(2)12(16)13(22)17-6-11(21)18-9(7-20)14(23)19-5-3-4-10(19)15(24)25/h8-10,12,20H,3-7,16H2,1-2H3,(H,17,22)(H,18,21)(H,24,25). The Kier molecular flexibility index (Phi) is 7.78.